The van der Waals surface area contributed by atoms with Gasteiger partial charge in [-0.25, -0.2) is 4.39 Å². The van der Waals surface area contributed by atoms with Crippen LogP contribution in [0.3, 0.4) is 0 Å². The minimum Gasteiger partial charge on any atom is -0.394 e. The number of benzene rings is 2. The van der Waals surface area contributed by atoms with Crippen LogP contribution < -0.4 is 10.0 Å². The summed E-state index contributed by atoms with van der Waals surface area (Å²) in [4.78, 5) is 14.2. The zero-order valence-electron chi connectivity index (χ0n) is 22.1. The SMILES string of the molecule is O=C(NC(CO)c1ccc(SNC2CC2)cc1)c1ccc2c(c1)cc(CC1CC=C(Cl)C=C1C(F)(F)F)n2CCF. The maximum Gasteiger partial charge on any atom is 0.413 e. The van der Waals surface area contributed by atoms with Crippen LogP contribution >= 0.6 is 23.5 Å². The lowest BCUT2D eigenvalue weighted by Crippen LogP contribution is -2.30. The number of amides is 1. The van der Waals surface area contributed by atoms with E-state index in [1.807, 2.05) is 24.3 Å². The van der Waals surface area contributed by atoms with Crippen LogP contribution in [0.25, 0.3) is 10.9 Å². The highest BCUT2D eigenvalue weighted by Gasteiger charge is 2.39. The fraction of sp³-hybridized carbons (Fsp3) is 0.367. The van der Waals surface area contributed by atoms with Crippen molar-refractivity contribution >= 4 is 40.4 Å². The number of nitrogens with zero attached hydrogens (tertiary/aromatic N) is 1. The van der Waals surface area contributed by atoms with Gasteiger partial charge in [-0.05, 0) is 91.6 Å². The second-order valence-corrected chi connectivity index (χ2v) is 11.7. The number of aryl methyl sites for hydroxylation is 1. The van der Waals surface area contributed by atoms with Crippen LogP contribution in [0, 0.1) is 5.92 Å². The molecule has 2 atom stereocenters. The fourth-order valence-electron chi connectivity index (χ4n) is 5.05. The monoisotopic (exact) mass is 607 g/mol. The zero-order valence-corrected chi connectivity index (χ0v) is 23.6. The Morgan fingerprint density at radius 1 is 1.15 bits per heavy atom. The molecule has 1 amide bonds. The molecule has 0 radical (unpaired) electrons. The molecule has 3 N–H and O–H groups in total. The van der Waals surface area contributed by atoms with E-state index in [1.165, 1.54) is 12.8 Å². The number of aliphatic hydroxyl groups is 1. The molecule has 2 aliphatic rings. The van der Waals surface area contributed by atoms with Crippen molar-refractivity contribution in [2.45, 2.75) is 55.4 Å². The van der Waals surface area contributed by atoms with Gasteiger partial charge in [0.2, 0.25) is 0 Å². The van der Waals surface area contributed by atoms with E-state index in [0.717, 1.165) is 16.5 Å². The normalized spacial score (nSPS) is 18.2. The van der Waals surface area contributed by atoms with E-state index in [-0.39, 0.29) is 31.0 Å². The third-order valence-electron chi connectivity index (χ3n) is 7.36. The van der Waals surface area contributed by atoms with Gasteiger partial charge in [0.1, 0.15) is 6.67 Å². The predicted octanol–water partition coefficient (Wildman–Crippen LogP) is 7.01. The highest BCUT2D eigenvalue weighted by atomic mass is 35.5. The lowest BCUT2D eigenvalue weighted by Gasteiger charge is -2.25. The van der Waals surface area contributed by atoms with Crippen molar-refractivity contribution in [3.63, 3.8) is 0 Å². The summed E-state index contributed by atoms with van der Waals surface area (Å²) in [6, 6.07) is 14.1. The molecule has 2 unspecified atom stereocenters. The molecule has 2 aromatic carbocycles. The highest BCUT2D eigenvalue weighted by Crippen LogP contribution is 2.40. The van der Waals surface area contributed by atoms with Gasteiger partial charge in [-0.1, -0.05) is 29.8 Å². The minimum absolute atomic E-state index is 0.0181. The Hall–Kier alpha value is -2.79. The summed E-state index contributed by atoms with van der Waals surface area (Å²) in [5.41, 5.74) is 1.54. The van der Waals surface area contributed by atoms with Crippen molar-refractivity contribution < 1.29 is 27.5 Å². The van der Waals surface area contributed by atoms with Gasteiger partial charge in [0.05, 0.1) is 19.2 Å². The fourth-order valence-corrected chi connectivity index (χ4v) is 6.07. The number of allylic oxidation sites excluding steroid dienone is 4. The van der Waals surface area contributed by atoms with Crippen LogP contribution in [0.5, 0.6) is 0 Å². The van der Waals surface area contributed by atoms with Crippen LogP contribution in [-0.2, 0) is 13.0 Å². The van der Waals surface area contributed by atoms with Crippen molar-refractivity contribution in [3.05, 3.63) is 88.1 Å². The standard InChI is InChI=1S/C30H30ClF4N3O2S/c31-22-5-1-19(26(16-22)30(33,34)35)14-24-15-21-13-20(4-10-28(21)38(24)12-11-32)29(40)36-27(17-39)18-2-8-25(9-3-18)41-37-23-6-7-23/h2-5,8-10,13,15-16,19,23,27,37,39H,1,6-7,11-12,14,17H2,(H,36,40). The van der Waals surface area contributed by atoms with Crippen molar-refractivity contribution in [3.8, 4) is 0 Å². The topological polar surface area (TPSA) is 66.3 Å². The molecule has 41 heavy (non-hydrogen) atoms. The molecule has 1 saturated carbocycles. The summed E-state index contributed by atoms with van der Waals surface area (Å²) in [6.45, 7) is -1.01. The number of halogens is 5. The van der Waals surface area contributed by atoms with E-state index in [0.29, 0.717) is 28.2 Å². The maximum absolute atomic E-state index is 13.7. The summed E-state index contributed by atoms with van der Waals surface area (Å²) >= 11 is 7.43. The Morgan fingerprint density at radius 2 is 1.90 bits per heavy atom. The van der Waals surface area contributed by atoms with Crippen molar-refractivity contribution in [1.82, 2.24) is 14.6 Å². The summed E-state index contributed by atoms with van der Waals surface area (Å²) in [7, 11) is 0. The van der Waals surface area contributed by atoms with Gasteiger partial charge in [0.15, 0.2) is 0 Å². The second-order valence-electron chi connectivity index (χ2n) is 10.3. The van der Waals surface area contributed by atoms with Gasteiger partial charge in [0, 0.05) is 43.7 Å². The molecule has 5 rings (SSSR count). The number of aromatic nitrogens is 1. The van der Waals surface area contributed by atoms with Gasteiger partial charge >= 0.3 is 6.18 Å². The van der Waals surface area contributed by atoms with Crippen LogP contribution in [0.2, 0.25) is 0 Å². The molecule has 3 aromatic rings. The van der Waals surface area contributed by atoms with E-state index in [2.05, 4.69) is 10.0 Å². The zero-order chi connectivity index (χ0) is 29.1. The Morgan fingerprint density at radius 3 is 2.56 bits per heavy atom. The number of alkyl halides is 4. The predicted molar refractivity (Wildman–Crippen MR) is 154 cm³/mol. The molecule has 1 aromatic heterocycles. The van der Waals surface area contributed by atoms with Gasteiger partial charge in [-0.3, -0.25) is 9.52 Å². The van der Waals surface area contributed by atoms with Gasteiger partial charge in [0.25, 0.3) is 5.91 Å². The van der Waals surface area contributed by atoms with E-state index < -0.39 is 36.3 Å². The number of carbonyl (C=O) groups excluding carboxylic acids is 1. The lowest BCUT2D eigenvalue weighted by atomic mass is 9.87. The number of carbonyl (C=O) groups is 1. The first-order chi connectivity index (χ1) is 19.7. The van der Waals surface area contributed by atoms with Gasteiger partial charge < -0.3 is 15.0 Å². The van der Waals surface area contributed by atoms with Crippen molar-refractivity contribution in [2.75, 3.05) is 13.3 Å². The quantitative estimate of drug-likeness (QED) is 0.162. The third kappa shape index (κ3) is 7.17. The summed E-state index contributed by atoms with van der Waals surface area (Å²) < 4.78 is 59.7. The molecule has 0 spiro atoms. The van der Waals surface area contributed by atoms with Crippen molar-refractivity contribution in [2.24, 2.45) is 5.92 Å². The van der Waals surface area contributed by atoms with Crippen LogP contribution in [-0.4, -0.2) is 41.1 Å². The van der Waals surface area contributed by atoms with Gasteiger partial charge in [-0.15, -0.1) is 0 Å². The van der Waals surface area contributed by atoms with E-state index in [1.54, 1.807) is 46.9 Å². The number of aliphatic hydroxyl groups excluding tert-OH is 1. The van der Waals surface area contributed by atoms with Crippen LogP contribution in [0.1, 0.15) is 46.9 Å². The number of hydrogen-bond acceptors (Lipinski definition) is 4. The van der Waals surface area contributed by atoms with Crippen molar-refractivity contribution in [1.29, 1.82) is 0 Å². The smallest absolute Gasteiger partial charge is 0.394 e. The molecule has 0 saturated heterocycles. The number of fused-ring (bicyclic) bond motifs is 1. The van der Waals surface area contributed by atoms with Crippen LogP contribution in [0.15, 0.2) is 76.2 Å². The van der Waals surface area contributed by atoms with E-state index in [4.69, 9.17) is 11.6 Å². The number of rotatable bonds is 11. The molecule has 0 aliphatic heterocycles. The van der Waals surface area contributed by atoms with E-state index >= 15 is 0 Å². The third-order valence-corrected chi connectivity index (χ3v) is 8.58. The molecule has 11 heteroatoms. The first kappa shape index (κ1) is 29.7. The van der Waals surface area contributed by atoms with Crippen LogP contribution in [0.4, 0.5) is 17.6 Å². The highest BCUT2D eigenvalue weighted by molar-refractivity contribution is 7.97. The Labute approximate surface area is 244 Å². The first-order valence-corrected chi connectivity index (χ1v) is 14.6. The molecule has 1 heterocycles. The number of nitrogens with one attached hydrogen (secondary N) is 2. The average Bonchev–Trinajstić information content (AvgIpc) is 3.73. The Balaban J connectivity index is 1.33. The molecule has 218 valence electrons. The van der Waals surface area contributed by atoms with E-state index in [9.17, 15) is 27.5 Å². The molecule has 5 nitrogen and oxygen atoms in total. The first-order valence-electron chi connectivity index (χ1n) is 13.4. The molecule has 1 fully saturated rings. The maximum atomic E-state index is 13.7. The molecule has 2 aliphatic carbocycles. The molecular weight excluding hydrogens is 578 g/mol. The minimum atomic E-state index is -4.53. The van der Waals surface area contributed by atoms with Gasteiger partial charge in [-0.2, -0.15) is 13.2 Å². The molecular formula is C30H30ClF4N3O2S. The average molecular weight is 608 g/mol. The molecule has 0 bridgehead atoms. The Kier molecular flexibility index (Phi) is 9.13. The number of hydrogen-bond donors (Lipinski definition) is 3. The second kappa shape index (κ2) is 12.6. The summed E-state index contributed by atoms with van der Waals surface area (Å²) in [6.07, 6.45) is 0.503. The Bertz CT molecular complexity index is 1460. The summed E-state index contributed by atoms with van der Waals surface area (Å²) in [5, 5.41) is 13.5. The summed E-state index contributed by atoms with van der Waals surface area (Å²) in [5.74, 6) is -1.27. The lowest BCUT2D eigenvalue weighted by molar-refractivity contribution is -0.0992. The largest absolute Gasteiger partial charge is 0.413 e.